The molecule has 82 valence electrons. The summed E-state index contributed by atoms with van der Waals surface area (Å²) in [6.45, 7) is 1.90. The molecule has 4 nitrogen and oxygen atoms in total. The van der Waals surface area contributed by atoms with Gasteiger partial charge in [-0.1, -0.05) is 0 Å². The number of thiazole rings is 1. The van der Waals surface area contributed by atoms with Crippen molar-refractivity contribution in [2.75, 3.05) is 5.32 Å². The molecular formula is C10H15N3OS. The van der Waals surface area contributed by atoms with E-state index in [9.17, 15) is 4.79 Å². The zero-order valence-electron chi connectivity index (χ0n) is 8.69. The third-order valence-corrected chi connectivity index (χ3v) is 3.39. The van der Waals surface area contributed by atoms with Crippen molar-refractivity contribution in [2.45, 2.75) is 32.2 Å². The molecule has 0 radical (unpaired) electrons. The van der Waals surface area contributed by atoms with Gasteiger partial charge in [0.25, 0.3) is 0 Å². The van der Waals surface area contributed by atoms with Crippen LogP contribution in [0.15, 0.2) is 5.38 Å². The molecule has 1 fully saturated rings. The van der Waals surface area contributed by atoms with E-state index >= 15 is 0 Å². The molecule has 0 spiro atoms. The number of nitrogens with zero attached hydrogens (tertiary/aromatic N) is 1. The third kappa shape index (κ3) is 3.00. The average Bonchev–Trinajstić information content (AvgIpc) is 2.92. The Balaban J connectivity index is 1.81. The van der Waals surface area contributed by atoms with Gasteiger partial charge in [-0.05, 0) is 25.7 Å². The van der Waals surface area contributed by atoms with Crippen LogP contribution in [0, 0.1) is 12.8 Å². The van der Waals surface area contributed by atoms with Crippen LogP contribution >= 0.6 is 11.3 Å². The summed E-state index contributed by atoms with van der Waals surface area (Å²) in [4.78, 5) is 15.7. The third-order valence-electron chi connectivity index (χ3n) is 2.51. The number of anilines is 1. The number of carbonyl (C=O) groups is 1. The van der Waals surface area contributed by atoms with Crippen molar-refractivity contribution < 1.29 is 4.79 Å². The number of nitrogens with one attached hydrogen (secondary N) is 1. The SMILES string of the molecule is Cc1csc(NC(=O)CC(N)C2CC2)n1. The Kier molecular flexibility index (Phi) is 3.02. The minimum absolute atomic E-state index is 0.0195. The maximum Gasteiger partial charge on any atom is 0.227 e. The Labute approximate surface area is 92.9 Å². The molecule has 1 aromatic heterocycles. The Morgan fingerprint density at radius 2 is 2.53 bits per heavy atom. The van der Waals surface area contributed by atoms with Crippen LogP contribution in [-0.4, -0.2) is 16.9 Å². The fourth-order valence-corrected chi connectivity index (χ4v) is 2.19. The molecular weight excluding hydrogens is 210 g/mol. The highest BCUT2D eigenvalue weighted by Gasteiger charge is 2.29. The summed E-state index contributed by atoms with van der Waals surface area (Å²) in [6.07, 6.45) is 2.75. The van der Waals surface area contributed by atoms with Crippen molar-refractivity contribution in [3.05, 3.63) is 11.1 Å². The van der Waals surface area contributed by atoms with E-state index in [1.165, 1.54) is 24.2 Å². The van der Waals surface area contributed by atoms with Gasteiger partial charge in [0.2, 0.25) is 5.91 Å². The summed E-state index contributed by atoms with van der Waals surface area (Å²) in [6, 6.07) is 0.0195. The Morgan fingerprint density at radius 1 is 1.80 bits per heavy atom. The van der Waals surface area contributed by atoms with Crippen LogP contribution in [0.3, 0.4) is 0 Å². The second kappa shape index (κ2) is 4.28. The minimum Gasteiger partial charge on any atom is -0.327 e. The van der Waals surface area contributed by atoms with Crippen molar-refractivity contribution in [1.29, 1.82) is 0 Å². The summed E-state index contributed by atoms with van der Waals surface area (Å²) in [5.74, 6) is 0.539. The first-order valence-electron chi connectivity index (χ1n) is 5.12. The lowest BCUT2D eigenvalue weighted by molar-refractivity contribution is -0.116. The molecule has 0 aromatic carbocycles. The molecule has 1 aliphatic carbocycles. The highest BCUT2D eigenvalue weighted by Crippen LogP contribution is 2.32. The zero-order chi connectivity index (χ0) is 10.8. The maximum atomic E-state index is 11.5. The van der Waals surface area contributed by atoms with Crippen LogP contribution in [0.5, 0.6) is 0 Å². The fraction of sp³-hybridized carbons (Fsp3) is 0.600. The van der Waals surface area contributed by atoms with Gasteiger partial charge >= 0.3 is 0 Å². The van der Waals surface area contributed by atoms with Crippen LogP contribution in [0.2, 0.25) is 0 Å². The van der Waals surface area contributed by atoms with E-state index in [0.717, 1.165) is 5.69 Å². The first-order chi connectivity index (χ1) is 7.15. The molecule has 0 aliphatic heterocycles. The number of nitrogens with two attached hydrogens (primary N) is 1. The van der Waals surface area contributed by atoms with Gasteiger partial charge in [0.1, 0.15) is 0 Å². The van der Waals surface area contributed by atoms with Gasteiger partial charge in [-0.2, -0.15) is 0 Å². The monoisotopic (exact) mass is 225 g/mol. The molecule has 1 amide bonds. The fourth-order valence-electron chi connectivity index (χ4n) is 1.49. The number of amides is 1. The summed E-state index contributed by atoms with van der Waals surface area (Å²) >= 11 is 1.45. The van der Waals surface area contributed by atoms with E-state index in [-0.39, 0.29) is 11.9 Å². The van der Waals surface area contributed by atoms with E-state index < -0.39 is 0 Å². The summed E-state index contributed by atoms with van der Waals surface area (Å²) in [7, 11) is 0. The normalized spacial score (nSPS) is 17.5. The number of aryl methyl sites for hydroxylation is 1. The predicted molar refractivity (Wildman–Crippen MR) is 60.8 cm³/mol. The molecule has 1 heterocycles. The molecule has 5 heteroatoms. The average molecular weight is 225 g/mol. The number of aromatic nitrogens is 1. The van der Waals surface area contributed by atoms with Gasteiger partial charge in [-0.15, -0.1) is 11.3 Å². The van der Waals surface area contributed by atoms with Gasteiger partial charge in [0.15, 0.2) is 5.13 Å². The highest BCUT2D eigenvalue weighted by atomic mass is 32.1. The minimum atomic E-state index is -0.0243. The molecule has 1 saturated carbocycles. The van der Waals surface area contributed by atoms with Crippen LogP contribution < -0.4 is 11.1 Å². The molecule has 3 N–H and O–H groups in total. The number of hydrogen-bond acceptors (Lipinski definition) is 4. The van der Waals surface area contributed by atoms with E-state index in [1.807, 2.05) is 12.3 Å². The quantitative estimate of drug-likeness (QED) is 0.816. The molecule has 1 unspecified atom stereocenters. The molecule has 1 aromatic rings. The van der Waals surface area contributed by atoms with Gasteiger partial charge in [-0.25, -0.2) is 4.98 Å². The first kappa shape index (κ1) is 10.6. The standard InChI is InChI=1S/C10H15N3OS/c1-6-5-15-10(12-6)13-9(14)4-8(11)7-2-3-7/h5,7-8H,2-4,11H2,1H3,(H,12,13,14). The van der Waals surface area contributed by atoms with Crippen molar-refractivity contribution in [3.63, 3.8) is 0 Å². The Hall–Kier alpha value is -0.940. The molecule has 2 rings (SSSR count). The smallest absolute Gasteiger partial charge is 0.227 e. The van der Waals surface area contributed by atoms with Crippen molar-refractivity contribution >= 4 is 22.4 Å². The lowest BCUT2D eigenvalue weighted by atomic mass is 10.1. The summed E-state index contributed by atoms with van der Waals surface area (Å²) < 4.78 is 0. The predicted octanol–water partition coefficient (Wildman–Crippen LogP) is 1.52. The second-order valence-corrected chi connectivity index (χ2v) is 4.91. The Bertz CT molecular complexity index is 359. The van der Waals surface area contributed by atoms with E-state index in [4.69, 9.17) is 5.73 Å². The maximum absolute atomic E-state index is 11.5. The number of rotatable bonds is 4. The van der Waals surface area contributed by atoms with Crippen LogP contribution in [0.1, 0.15) is 25.0 Å². The lowest BCUT2D eigenvalue weighted by Gasteiger charge is -2.08. The van der Waals surface area contributed by atoms with Crippen LogP contribution in [-0.2, 0) is 4.79 Å². The van der Waals surface area contributed by atoms with Crippen molar-refractivity contribution in [2.24, 2.45) is 11.7 Å². The molecule has 0 saturated heterocycles. The number of carbonyl (C=O) groups excluding carboxylic acids is 1. The molecule has 1 aliphatic rings. The van der Waals surface area contributed by atoms with Crippen LogP contribution in [0.4, 0.5) is 5.13 Å². The molecule has 0 bridgehead atoms. The topological polar surface area (TPSA) is 68.0 Å². The van der Waals surface area contributed by atoms with Gasteiger partial charge in [0.05, 0.1) is 5.69 Å². The van der Waals surface area contributed by atoms with Crippen molar-refractivity contribution in [3.8, 4) is 0 Å². The van der Waals surface area contributed by atoms with Crippen LogP contribution in [0.25, 0.3) is 0 Å². The van der Waals surface area contributed by atoms with Gasteiger partial charge in [0, 0.05) is 17.8 Å². The van der Waals surface area contributed by atoms with Gasteiger partial charge in [-0.3, -0.25) is 4.79 Å². The second-order valence-electron chi connectivity index (χ2n) is 4.05. The van der Waals surface area contributed by atoms with E-state index in [1.54, 1.807) is 0 Å². The number of hydrogen-bond donors (Lipinski definition) is 2. The lowest BCUT2D eigenvalue weighted by Crippen LogP contribution is -2.28. The zero-order valence-corrected chi connectivity index (χ0v) is 9.51. The van der Waals surface area contributed by atoms with Crippen molar-refractivity contribution in [1.82, 2.24) is 4.98 Å². The summed E-state index contributed by atoms with van der Waals surface area (Å²) in [5.41, 5.74) is 6.79. The summed E-state index contributed by atoms with van der Waals surface area (Å²) in [5, 5.41) is 5.35. The van der Waals surface area contributed by atoms with E-state index in [2.05, 4.69) is 10.3 Å². The molecule has 1 atom stereocenters. The highest BCUT2D eigenvalue weighted by molar-refractivity contribution is 7.13. The molecule has 15 heavy (non-hydrogen) atoms. The first-order valence-corrected chi connectivity index (χ1v) is 6.00. The Morgan fingerprint density at radius 3 is 3.07 bits per heavy atom. The van der Waals surface area contributed by atoms with E-state index in [0.29, 0.717) is 17.5 Å². The van der Waals surface area contributed by atoms with Gasteiger partial charge < -0.3 is 11.1 Å². The largest absolute Gasteiger partial charge is 0.327 e.